The lowest BCUT2D eigenvalue weighted by Crippen LogP contribution is -1.99. The first-order valence-electron chi connectivity index (χ1n) is 3.94. The van der Waals surface area contributed by atoms with Crippen LogP contribution < -0.4 is 0 Å². The minimum atomic E-state index is -3.41. The van der Waals surface area contributed by atoms with Gasteiger partial charge in [0.25, 0.3) is 0 Å². The summed E-state index contributed by atoms with van der Waals surface area (Å²) in [5.74, 6) is 0. The normalized spacial score (nSPS) is 10.9. The molecule has 0 aromatic heterocycles. The maximum absolute atomic E-state index is 11.4. The molecule has 0 spiro atoms. The SMILES string of the molecule is C=CS(=O)(=O)c1ccc(C=O)cc1C. The highest BCUT2D eigenvalue weighted by molar-refractivity contribution is 7.94. The van der Waals surface area contributed by atoms with Gasteiger partial charge in [-0.05, 0) is 24.6 Å². The third kappa shape index (κ3) is 1.90. The van der Waals surface area contributed by atoms with Crippen molar-refractivity contribution in [3.05, 3.63) is 41.3 Å². The number of aryl methyl sites for hydroxylation is 1. The van der Waals surface area contributed by atoms with Gasteiger partial charge in [0.2, 0.25) is 0 Å². The molecule has 0 bridgehead atoms. The van der Waals surface area contributed by atoms with E-state index in [9.17, 15) is 13.2 Å². The number of benzene rings is 1. The van der Waals surface area contributed by atoms with Crippen molar-refractivity contribution in [1.29, 1.82) is 0 Å². The van der Waals surface area contributed by atoms with Gasteiger partial charge in [-0.1, -0.05) is 12.6 Å². The van der Waals surface area contributed by atoms with Crippen LogP contribution in [0.3, 0.4) is 0 Å². The van der Waals surface area contributed by atoms with Gasteiger partial charge in [-0.25, -0.2) is 8.42 Å². The first-order chi connectivity index (χ1) is 6.51. The molecule has 0 aliphatic rings. The van der Waals surface area contributed by atoms with E-state index in [1.54, 1.807) is 6.92 Å². The average molecular weight is 210 g/mol. The molecular weight excluding hydrogens is 200 g/mol. The molecule has 1 aromatic carbocycles. The molecule has 0 unspecified atom stereocenters. The van der Waals surface area contributed by atoms with Gasteiger partial charge >= 0.3 is 0 Å². The van der Waals surface area contributed by atoms with Crippen LogP contribution in [0, 0.1) is 6.92 Å². The minimum Gasteiger partial charge on any atom is -0.298 e. The van der Waals surface area contributed by atoms with E-state index in [-0.39, 0.29) is 4.90 Å². The molecule has 1 rings (SSSR count). The quantitative estimate of drug-likeness (QED) is 0.714. The van der Waals surface area contributed by atoms with Crippen LogP contribution in [0.15, 0.2) is 35.1 Å². The van der Waals surface area contributed by atoms with E-state index in [4.69, 9.17) is 0 Å². The van der Waals surface area contributed by atoms with Crippen molar-refractivity contribution < 1.29 is 13.2 Å². The molecule has 0 atom stereocenters. The lowest BCUT2D eigenvalue weighted by Gasteiger charge is -2.03. The Bertz CT molecular complexity index is 472. The lowest BCUT2D eigenvalue weighted by molar-refractivity contribution is 0.112. The zero-order chi connectivity index (χ0) is 10.8. The highest BCUT2D eigenvalue weighted by atomic mass is 32.2. The van der Waals surface area contributed by atoms with Gasteiger partial charge in [-0.15, -0.1) is 0 Å². The monoisotopic (exact) mass is 210 g/mol. The Morgan fingerprint density at radius 3 is 2.43 bits per heavy atom. The topological polar surface area (TPSA) is 51.2 Å². The van der Waals surface area contributed by atoms with Gasteiger partial charge in [-0.3, -0.25) is 4.79 Å². The molecule has 0 radical (unpaired) electrons. The van der Waals surface area contributed by atoms with Crippen molar-refractivity contribution in [1.82, 2.24) is 0 Å². The fourth-order valence-electron chi connectivity index (χ4n) is 1.15. The standard InChI is InChI=1S/C10H10O3S/c1-3-14(12,13)10-5-4-9(7-11)6-8(10)2/h3-7H,1H2,2H3. The first-order valence-corrected chi connectivity index (χ1v) is 5.49. The number of carbonyl (C=O) groups excluding carboxylic acids is 1. The van der Waals surface area contributed by atoms with Gasteiger partial charge in [-0.2, -0.15) is 0 Å². The van der Waals surface area contributed by atoms with Crippen molar-refractivity contribution in [2.24, 2.45) is 0 Å². The second kappa shape index (κ2) is 3.75. The van der Waals surface area contributed by atoms with E-state index >= 15 is 0 Å². The maximum Gasteiger partial charge on any atom is 0.199 e. The van der Waals surface area contributed by atoms with Crippen LogP contribution in [0.25, 0.3) is 0 Å². The van der Waals surface area contributed by atoms with Crippen LogP contribution in [0.5, 0.6) is 0 Å². The third-order valence-electron chi connectivity index (χ3n) is 1.86. The number of rotatable bonds is 3. The van der Waals surface area contributed by atoms with Crippen LogP contribution in [0.4, 0.5) is 0 Å². The van der Waals surface area contributed by atoms with E-state index in [0.29, 0.717) is 17.4 Å². The molecule has 0 amide bonds. The molecule has 0 N–H and O–H groups in total. The Labute approximate surface area is 83.0 Å². The molecule has 4 heteroatoms. The van der Waals surface area contributed by atoms with E-state index in [2.05, 4.69) is 6.58 Å². The van der Waals surface area contributed by atoms with Crippen molar-refractivity contribution in [3.63, 3.8) is 0 Å². The Morgan fingerprint density at radius 1 is 1.36 bits per heavy atom. The van der Waals surface area contributed by atoms with Crippen LogP contribution in [-0.4, -0.2) is 14.7 Å². The summed E-state index contributed by atoms with van der Waals surface area (Å²) < 4.78 is 22.8. The number of carbonyl (C=O) groups is 1. The zero-order valence-electron chi connectivity index (χ0n) is 7.73. The second-order valence-corrected chi connectivity index (χ2v) is 4.72. The summed E-state index contributed by atoms with van der Waals surface area (Å²) in [5.41, 5.74) is 1.01. The van der Waals surface area contributed by atoms with Crippen molar-refractivity contribution in [3.8, 4) is 0 Å². The summed E-state index contributed by atoms with van der Waals surface area (Å²) >= 11 is 0. The smallest absolute Gasteiger partial charge is 0.199 e. The van der Waals surface area contributed by atoms with Crippen molar-refractivity contribution in [2.75, 3.05) is 0 Å². The number of sulfone groups is 1. The Morgan fingerprint density at radius 2 is 2.00 bits per heavy atom. The molecule has 14 heavy (non-hydrogen) atoms. The molecule has 0 aliphatic heterocycles. The van der Waals surface area contributed by atoms with Crippen LogP contribution in [0.1, 0.15) is 15.9 Å². The molecule has 0 saturated heterocycles. The molecule has 0 heterocycles. The fourth-order valence-corrected chi connectivity index (χ4v) is 2.10. The van der Waals surface area contributed by atoms with Gasteiger partial charge in [0.15, 0.2) is 9.84 Å². The van der Waals surface area contributed by atoms with Gasteiger partial charge in [0, 0.05) is 11.0 Å². The van der Waals surface area contributed by atoms with E-state index in [0.717, 1.165) is 5.41 Å². The Kier molecular flexibility index (Phi) is 2.86. The summed E-state index contributed by atoms with van der Waals surface area (Å²) in [6.45, 7) is 4.88. The molecule has 74 valence electrons. The highest BCUT2D eigenvalue weighted by Crippen LogP contribution is 2.17. The average Bonchev–Trinajstić information content (AvgIpc) is 2.17. The number of aldehydes is 1. The fraction of sp³-hybridized carbons (Fsp3) is 0.100. The molecular formula is C10H10O3S. The predicted molar refractivity (Wildman–Crippen MR) is 53.9 cm³/mol. The summed E-state index contributed by atoms with van der Waals surface area (Å²) in [6.07, 6.45) is 0.678. The molecule has 0 aliphatic carbocycles. The summed E-state index contributed by atoms with van der Waals surface area (Å²) in [6, 6.07) is 4.41. The minimum absolute atomic E-state index is 0.193. The molecule has 0 fully saturated rings. The van der Waals surface area contributed by atoms with Crippen LogP contribution >= 0.6 is 0 Å². The van der Waals surface area contributed by atoms with Crippen LogP contribution in [0.2, 0.25) is 0 Å². The number of hydrogen-bond donors (Lipinski definition) is 0. The second-order valence-electron chi connectivity index (χ2n) is 2.85. The lowest BCUT2D eigenvalue weighted by atomic mass is 10.2. The van der Waals surface area contributed by atoms with Crippen LogP contribution in [-0.2, 0) is 9.84 Å². The maximum atomic E-state index is 11.4. The summed E-state index contributed by atoms with van der Waals surface area (Å²) in [7, 11) is -3.41. The summed E-state index contributed by atoms with van der Waals surface area (Å²) in [4.78, 5) is 10.6. The van der Waals surface area contributed by atoms with Gasteiger partial charge in [0.1, 0.15) is 6.29 Å². The Hall–Kier alpha value is -1.42. The molecule has 3 nitrogen and oxygen atoms in total. The molecule has 0 saturated carbocycles. The molecule has 1 aromatic rings. The largest absolute Gasteiger partial charge is 0.298 e. The third-order valence-corrected chi connectivity index (χ3v) is 3.37. The van der Waals surface area contributed by atoms with E-state index in [1.807, 2.05) is 0 Å². The van der Waals surface area contributed by atoms with E-state index < -0.39 is 9.84 Å². The van der Waals surface area contributed by atoms with Crippen molar-refractivity contribution in [2.45, 2.75) is 11.8 Å². The van der Waals surface area contributed by atoms with E-state index in [1.165, 1.54) is 18.2 Å². The summed E-state index contributed by atoms with van der Waals surface area (Å²) in [5, 5.41) is 0.899. The van der Waals surface area contributed by atoms with Gasteiger partial charge < -0.3 is 0 Å². The van der Waals surface area contributed by atoms with Crippen molar-refractivity contribution >= 4 is 16.1 Å². The highest BCUT2D eigenvalue weighted by Gasteiger charge is 2.12. The predicted octanol–water partition coefficient (Wildman–Crippen LogP) is 1.72. The number of hydrogen-bond acceptors (Lipinski definition) is 3. The Balaban J connectivity index is 3.40. The van der Waals surface area contributed by atoms with Gasteiger partial charge in [0.05, 0.1) is 4.90 Å². The first kappa shape index (κ1) is 10.7. The zero-order valence-corrected chi connectivity index (χ0v) is 8.54.